The van der Waals surface area contributed by atoms with Crippen LogP contribution in [0.5, 0.6) is 11.5 Å². The maximum atomic E-state index is 12.1. The monoisotopic (exact) mass is 388 g/mol. The highest BCUT2D eigenvalue weighted by atomic mass is 32.2. The Morgan fingerprint density at radius 3 is 2.59 bits per heavy atom. The minimum absolute atomic E-state index is 0.246. The van der Waals surface area contributed by atoms with E-state index in [1.54, 1.807) is 7.11 Å². The molecule has 2 amide bonds. The number of hydrogen-bond acceptors (Lipinski definition) is 4. The van der Waals surface area contributed by atoms with E-state index >= 15 is 0 Å². The molecule has 0 heterocycles. The third-order valence-corrected chi connectivity index (χ3v) is 5.33. The number of benzene rings is 2. The highest BCUT2D eigenvalue weighted by molar-refractivity contribution is 7.99. The second-order valence-electron chi connectivity index (χ2n) is 6.19. The smallest absolute Gasteiger partial charge is 0.319 e. The first kappa shape index (κ1) is 21.0. The lowest BCUT2D eigenvalue weighted by Gasteiger charge is -2.13. The third kappa shape index (κ3) is 6.71. The number of rotatable bonds is 9. The number of amides is 2. The fraction of sp³-hybridized carbons (Fsp3) is 0.381. The summed E-state index contributed by atoms with van der Waals surface area (Å²) in [5.74, 6) is 1.33. The van der Waals surface area contributed by atoms with Gasteiger partial charge in [-0.05, 0) is 49.2 Å². The lowest BCUT2D eigenvalue weighted by molar-refractivity contribution is 0.246. The van der Waals surface area contributed by atoms with Crippen molar-refractivity contribution in [2.45, 2.75) is 37.3 Å². The number of carbonyl (C=O) groups excluding carboxylic acids is 1. The first-order chi connectivity index (χ1) is 13.0. The minimum atomic E-state index is -0.246. The fourth-order valence-electron chi connectivity index (χ4n) is 2.40. The number of urea groups is 1. The molecule has 0 spiro atoms. The van der Waals surface area contributed by atoms with Gasteiger partial charge in [0.05, 0.1) is 13.7 Å². The summed E-state index contributed by atoms with van der Waals surface area (Å²) in [7, 11) is 1.60. The van der Waals surface area contributed by atoms with Crippen molar-refractivity contribution in [1.82, 2.24) is 5.32 Å². The van der Waals surface area contributed by atoms with Crippen molar-refractivity contribution in [3.05, 3.63) is 48.0 Å². The summed E-state index contributed by atoms with van der Waals surface area (Å²) < 4.78 is 10.9. The van der Waals surface area contributed by atoms with E-state index in [9.17, 15) is 4.79 Å². The van der Waals surface area contributed by atoms with E-state index in [2.05, 4.69) is 30.5 Å². The van der Waals surface area contributed by atoms with Crippen molar-refractivity contribution in [3.63, 3.8) is 0 Å². The van der Waals surface area contributed by atoms with Crippen LogP contribution in [0.25, 0.3) is 0 Å². The molecule has 2 aromatic rings. The van der Waals surface area contributed by atoms with Gasteiger partial charge in [-0.1, -0.05) is 26.0 Å². The van der Waals surface area contributed by atoms with Crippen molar-refractivity contribution in [2.75, 3.05) is 25.6 Å². The van der Waals surface area contributed by atoms with Gasteiger partial charge in [-0.2, -0.15) is 0 Å². The molecule has 0 aliphatic carbocycles. The Morgan fingerprint density at radius 1 is 1.19 bits per heavy atom. The van der Waals surface area contributed by atoms with Gasteiger partial charge < -0.3 is 20.1 Å². The van der Waals surface area contributed by atoms with Crippen LogP contribution < -0.4 is 20.1 Å². The zero-order valence-corrected chi connectivity index (χ0v) is 17.2. The van der Waals surface area contributed by atoms with Gasteiger partial charge in [-0.3, -0.25) is 0 Å². The van der Waals surface area contributed by atoms with Gasteiger partial charge in [-0.25, -0.2) is 4.79 Å². The van der Waals surface area contributed by atoms with Gasteiger partial charge in [0.2, 0.25) is 0 Å². The van der Waals surface area contributed by atoms with Gasteiger partial charge in [-0.15, -0.1) is 11.8 Å². The molecule has 0 saturated carbocycles. The van der Waals surface area contributed by atoms with Gasteiger partial charge in [0, 0.05) is 15.8 Å². The molecular weight excluding hydrogens is 360 g/mol. The number of ether oxygens (including phenoxy) is 2. The average Bonchev–Trinajstić information content (AvgIpc) is 2.67. The van der Waals surface area contributed by atoms with E-state index in [1.807, 2.05) is 55.1 Å². The highest BCUT2D eigenvalue weighted by Crippen LogP contribution is 2.28. The lowest BCUT2D eigenvalue weighted by atomic mass is 10.2. The Bertz CT molecular complexity index is 752. The van der Waals surface area contributed by atoms with Crippen LogP contribution in [-0.4, -0.2) is 31.5 Å². The topological polar surface area (TPSA) is 59.6 Å². The lowest BCUT2D eigenvalue weighted by Crippen LogP contribution is -2.32. The number of carbonyl (C=O) groups is 1. The van der Waals surface area contributed by atoms with Crippen LogP contribution in [0.2, 0.25) is 0 Å². The zero-order valence-electron chi connectivity index (χ0n) is 16.4. The third-order valence-electron chi connectivity index (χ3n) is 4.07. The van der Waals surface area contributed by atoms with Crippen molar-refractivity contribution >= 4 is 23.5 Å². The Hall–Kier alpha value is -2.34. The SMILES string of the molecule is CCC(C)Sc1ccc(NC(=O)NCCOc2ccccc2OC)c(C)c1. The molecule has 1 unspecified atom stereocenters. The second kappa shape index (κ2) is 10.7. The molecule has 0 aromatic heterocycles. The van der Waals surface area contributed by atoms with Crippen LogP contribution in [-0.2, 0) is 0 Å². The summed E-state index contributed by atoms with van der Waals surface area (Å²) in [6.45, 7) is 7.15. The van der Waals surface area contributed by atoms with E-state index in [0.29, 0.717) is 29.9 Å². The predicted octanol–water partition coefficient (Wildman–Crippen LogP) is 5.09. The molecule has 0 saturated heterocycles. The summed E-state index contributed by atoms with van der Waals surface area (Å²) in [4.78, 5) is 13.3. The maximum absolute atomic E-state index is 12.1. The molecule has 0 bridgehead atoms. The first-order valence-corrected chi connectivity index (χ1v) is 9.99. The molecule has 27 heavy (non-hydrogen) atoms. The number of nitrogens with one attached hydrogen (secondary N) is 2. The minimum Gasteiger partial charge on any atom is -0.493 e. The molecule has 2 rings (SSSR count). The number of methoxy groups -OCH3 is 1. The molecule has 6 heteroatoms. The van der Waals surface area contributed by atoms with E-state index in [0.717, 1.165) is 17.7 Å². The number of para-hydroxylation sites is 2. The summed E-state index contributed by atoms with van der Waals surface area (Å²) in [6, 6.07) is 13.3. The number of hydrogen-bond donors (Lipinski definition) is 2. The van der Waals surface area contributed by atoms with E-state index in [4.69, 9.17) is 9.47 Å². The molecule has 0 radical (unpaired) electrons. The Kier molecular flexibility index (Phi) is 8.33. The molecule has 2 aromatic carbocycles. The van der Waals surface area contributed by atoms with E-state index in [1.165, 1.54) is 4.90 Å². The fourth-order valence-corrected chi connectivity index (χ4v) is 3.42. The van der Waals surface area contributed by atoms with Gasteiger partial charge >= 0.3 is 6.03 Å². The summed E-state index contributed by atoms with van der Waals surface area (Å²) in [6.07, 6.45) is 1.13. The molecular formula is C21H28N2O3S. The van der Waals surface area contributed by atoms with Crippen LogP contribution in [0.3, 0.4) is 0 Å². The maximum Gasteiger partial charge on any atom is 0.319 e. The zero-order chi connectivity index (χ0) is 19.6. The van der Waals surface area contributed by atoms with Crippen LogP contribution in [0.1, 0.15) is 25.8 Å². The quantitative estimate of drug-likeness (QED) is 0.464. The summed E-state index contributed by atoms with van der Waals surface area (Å²) in [5.41, 5.74) is 1.86. The largest absolute Gasteiger partial charge is 0.493 e. The highest BCUT2D eigenvalue weighted by Gasteiger charge is 2.08. The Morgan fingerprint density at radius 2 is 1.93 bits per heavy atom. The average molecular weight is 389 g/mol. The molecule has 0 aliphatic heterocycles. The van der Waals surface area contributed by atoms with Crippen LogP contribution in [0, 0.1) is 6.92 Å². The summed E-state index contributed by atoms with van der Waals surface area (Å²) in [5, 5.41) is 6.27. The summed E-state index contributed by atoms with van der Waals surface area (Å²) >= 11 is 1.85. The van der Waals surface area contributed by atoms with Crippen LogP contribution in [0.4, 0.5) is 10.5 Å². The normalized spacial score (nSPS) is 11.6. The Labute approximate surface area is 165 Å². The number of aryl methyl sites for hydroxylation is 1. The van der Waals surface area contributed by atoms with Crippen molar-refractivity contribution in [2.24, 2.45) is 0 Å². The Balaban J connectivity index is 1.78. The van der Waals surface area contributed by atoms with Crippen molar-refractivity contribution in [1.29, 1.82) is 0 Å². The van der Waals surface area contributed by atoms with Crippen LogP contribution in [0.15, 0.2) is 47.4 Å². The number of anilines is 1. The van der Waals surface area contributed by atoms with Gasteiger partial charge in [0.15, 0.2) is 11.5 Å². The number of thioether (sulfide) groups is 1. The van der Waals surface area contributed by atoms with Crippen LogP contribution >= 0.6 is 11.8 Å². The second-order valence-corrected chi connectivity index (χ2v) is 7.71. The van der Waals surface area contributed by atoms with E-state index in [-0.39, 0.29) is 6.03 Å². The molecule has 5 nitrogen and oxygen atoms in total. The molecule has 0 fully saturated rings. The van der Waals surface area contributed by atoms with Gasteiger partial charge in [0.25, 0.3) is 0 Å². The van der Waals surface area contributed by atoms with Crippen molar-refractivity contribution in [3.8, 4) is 11.5 Å². The molecule has 146 valence electrons. The first-order valence-electron chi connectivity index (χ1n) is 9.11. The molecule has 0 aliphatic rings. The van der Waals surface area contributed by atoms with E-state index < -0.39 is 0 Å². The molecule has 1 atom stereocenters. The standard InChI is InChI=1S/C21H28N2O3S/c1-5-16(3)27-17-10-11-18(15(2)14-17)23-21(24)22-12-13-26-20-9-7-6-8-19(20)25-4/h6-11,14,16H,5,12-13H2,1-4H3,(H2,22,23,24). The molecule has 2 N–H and O–H groups in total. The predicted molar refractivity (Wildman–Crippen MR) is 112 cm³/mol. The van der Waals surface area contributed by atoms with Crippen molar-refractivity contribution < 1.29 is 14.3 Å². The van der Waals surface area contributed by atoms with Gasteiger partial charge in [0.1, 0.15) is 6.61 Å².